The van der Waals surface area contributed by atoms with Gasteiger partial charge in [0.2, 0.25) is 0 Å². The second kappa shape index (κ2) is 14.4. The Kier molecular flexibility index (Phi) is 11.4. The molecule has 3 aliphatic heterocycles. The van der Waals surface area contributed by atoms with Gasteiger partial charge < -0.3 is 79.5 Å². The van der Waals surface area contributed by atoms with Gasteiger partial charge in [0.1, 0.15) is 73.2 Å². The summed E-state index contributed by atoms with van der Waals surface area (Å²) in [6.07, 6.45) is -24.2. The summed E-state index contributed by atoms with van der Waals surface area (Å²) in [6, 6.07) is 8.94. The average molecular weight is 595 g/mol. The van der Waals surface area contributed by atoms with Gasteiger partial charge in [-0.25, -0.2) is 0 Å². The SMILES string of the molecule is OCC1O[C@@H](OCc2ccccc2)C(O)[C@@H](O)[C@@H]1O[C@@H]1OC(CO)[C@H](O[C@H]2OC(CO)[C@H](O)[C@H](O)C2O)[C@H](O)C1O. The Bertz CT molecular complexity index is 920. The third kappa shape index (κ3) is 7.05. The molecule has 10 N–H and O–H groups in total. The normalized spacial score (nSPS) is 45.5. The number of rotatable bonds is 10. The molecular formula is C25H38O16. The molecular weight excluding hydrogens is 556 g/mol. The summed E-state index contributed by atoms with van der Waals surface area (Å²) in [7, 11) is 0. The lowest BCUT2D eigenvalue weighted by molar-refractivity contribution is -0.379. The van der Waals surface area contributed by atoms with E-state index in [2.05, 4.69) is 0 Å². The predicted molar refractivity (Wildman–Crippen MR) is 130 cm³/mol. The fraction of sp³-hybridized carbons (Fsp3) is 0.760. The van der Waals surface area contributed by atoms with Crippen LogP contribution in [0.5, 0.6) is 0 Å². The van der Waals surface area contributed by atoms with Crippen molar-refractivity contribution < 1.29 is 79.5 Å². The van der Waals surface area contributed by atoms with E-state index in [9.17, 15) is 51.1 Å². The molecule has 41 heavy (non-hydrogen) atoms. The van der Waals surface area contributed by atoms with Crippen LogP contribution in [0.15, 0.2) is 30.3 Å². The van der Waals surface area contributed by atoms with Crippen molar-refractivity contribution in [2.24, 2.45) is 0 Å². The minimum atomic E-state index is -1.90. The number of aliphatic hydroxyl groups is 10. The van der Waals surface area contributed by atoms with Crippen LogP contribution in [-0.4, -0.2) is 163 Å². The van der Waals surface area contributed by atoms with E-state index in [0.717, 1.165) is 5.56 Å². The molecule has 0 aromatic heterocycles. The van der Waals surface area contributed by atoms with E-state index in [4.69, 9.17) is 28.4 Å². The van der Waals surface area contributed by atoms with Gasteiger partial charge in [0.15, 0.2) is 18.9 Å². The molecule has 0 aliphatic carbocycles. The highest BCUT2D eigenvalue weighted by atomic mass is 16.8. The first-order valence-corrected chi connectivity index (χ1v) is 13.1. The summed E-state index contributed by atoms with van der Waals surface area (Å²) < 4.78 is 33.1. The van der Waals surface area contributed by atoms with Gasteiger partial charge in [-0.1, -0.05) is 30.3 Å². The van der Waals surface area contributed by atoms with Crippen LogP contribution in [0.4, 0.5) is 0 Å². The molecule has 0 bridgehead atoms. The Labute approximate surface area is 234 Å². The molecule has 0 saturated carbocycles. The molecule has 234 valence electrons. The topological polar surface area (TPSA) is 258 Å². The van der Waals surface area contributed by atoms with Gasteiger partial charge >= 0.3 is 0 Å². The first kappa shape index (κ1) is 32.5. The molecule has 3 saturated heterocycles. The number of aliphatic hydroxyl groups excluding tert-OH is 10. The van der Waals surface area contributed by atoms with Gasteiger partial charge in [-0.05, 0) is 5.56 Å². The smallest absolute Gasteiger partial charge is 0.187 e. The second-order valence-electron chi connectivity index (χ2n) is 10.1. The van der Waals surface area contributed by atoms with Crippen LogP contribution in [0.2, 0.25) is 0 Å². The minimum absolute atomic E-state index is 0.0314. The lowest BCUT2D eigenvalue weighted by atomic mass is 9.96. The van der Waals surface area contributed by atoms with Crippen molar-refractivity contribution >= 4 is 0 Å². The maximum atomic E-state index is 10.8. The van der Waals surface area contributed by atoms with Crippen molar-refractivity contribution in [2.75, 3.05) is 19.8 Å². The van der Waals surface area contributed by atoms with Gasteiger partial charge in [0.05, 0.1) is 26.4 Å². The summed E-state index contributed by atoms with van der Waals surface area (Å²) in [6.45, 7) is -2.21. The quantitative estimate of drug-likeness (QED) is 0.121. The van der Waals surface area contributed by atoms with E-state index in [1.807, 2.05) is 6.07 Å². The van der Waals surface area contributed by atoms with Crippen molar-refractivity contribution in [3.63, 3.8) is 0 Å². The third-order valence-electron chi connectivity index (χ3n) is 7.33. The minimum Gasteiger partial charge on any atom is -0.394 e. The summed E-state index contributed by atoms with van der Waals surface area (Å²) >= 11 is 0. The van der Waals surface area contributed by atoms with E-state index in [1.54, 1.807) is 24.3 Å². The Morgan fingerprint density at radius 3 is 1.46 bits per heavy atom. The highest BCUT2D eigenvalue weighted by Crippen LogP contribution is 2.32. The fourth-order valence-electron chi connectivity index (χ4n) is 4.93. The maximum Gasteiger partial charge on any atom is 0.187 e. The van der Waals surface area contributed by atoms with Crippen LogP contribution < -0.4 is 0 Å². The molecule has 3 aliphatic rings. The predicted octanol–water partition coefficient (Wildman–Crippen LogP) is -5.35. The third-order valence-corrected chi connectivity index (χ3v) is 7.33. The van der Waals surface area contributed by atoms with E-state index in [-0.39, 0.29) is 6.61 Å². The molecule has 3 heterocycles. The summed E-state index contributed by atoms with van der Waals surface area (Å²) in [5, 5.41) is 102. The van der Waals surface area contributed by atoms with Crippen molar-refractivity contribution in [3.8, 4) is 0 Å². The number of benzene rings is 1. The summed E-state index contributed by atoms with van der Waals surface area (Å²) in [4.78, 5) is 0. The molecule has 0 amide bonds. The van der Waals surface area contributed by atoms with Crippen molar-refractivity contribution in [1.29, 1.82) is 0 Å². The molecule has 15 atom stereocenters. The van der Waals surface area contributed by atoms with E-state index < -0.39 is 112 Å². The van der Waals surface area contributed by atoms with Gasteiger partial charge in [-0.15, -0.1) is 0 Å². The number of ether oxygens (including phenoxy) is 6. The molecule has 1 aromatic carbocycles. The number of hydrogen-bond acceptors (Lipinski definition) is 16. The molecule has 1 aromatic rings. The fourth-order valence-corrected chi connectivity index (χ4v) is 4.93. The van der Waals surface area contributed by atoms with Crippen molar-refractivity contribution in [1.82, 2.24) is 0 Å². The zero-order chi connectivity index (χ0) is 29.8. The van der Waals surface area contributed by atoms with Gasteiger partial charge in [0.25, 0.3) is 0 Å². The second-order valence-corrected chi connectivity index (χ2v) is 10.1. The lowest BCUT2D eigenvalue weighted by Gasteiger charge is -2.48. The molecule has 0 radical (unpaired) electrons. The summed E-state index contributed by atoms with van der Waals surface area (Å²) in [5.74, 6) is 0. The average Bonchev–Trinajstić information content (AvgIpc) is 2.99. The van der Waals surface area contributed by atoms with Gasteiger partial charge in [-0.3, -0.25) is 0 Å². The summed E-state index contributed by atoms with van der Waals surface area (Å²) in [5.41, 5.74) is 0.764. The van der Waals surface area contributed by atoms with Crippen molar-refractivity contribution in [3.05, 3.63) is 35.9 Å². The Morgan fingerprint density at radius 1 is 0.512 bits per heavy atom. The van der Waals surface area contributed by atoms with E-state index in [0.29, 0.717) is 0 Å². The first-order chi connectivity index (χ1) is 19.6. The largest absolute Gasteiger partial charge is 0.394 e. The highest BCUT2D eigenvalue weighted by molar-refractivity contribution is 5.13. The lowest BCUT2D eigenvalue weighted by Crippen LogP contribution is -2.66. The zero-order valence-electron chi connectivity index (χ0n) is 21.8. The molecule has 16 nitrogen and oxygen atoms in total. The van der Waals surface area contributed by atoms with Crippen LogP contribution in [0, 0.1) is 0 Å². The molecule has 4 rings (SSSR count). The van der Waals surface area contributed by atoms with Crippen LogP contribution in [0.1, 0.15) is 5.56 Å². The maximum absolute atomic E-state index is 10.8. The zero-order valence-corrected chi connectivity index (χ0v) is 21.8. The van der Waals surface area contributed by atoms with Crippen LogP contribution in [-0.2, 0) is 35.0 Å². The first-order valence-electron chi connectivity index (χ1n) is 13.1. The Hall–Kier alpha value is -1.42. The standard InChI is InChI=1S/C25H38O16/c26-6-11-14(29)15(30)18(33)24(37-11)40-22-13(8-28)39-25(20(35)17(22)32)41-21-12(7-27)38-23(19(34)16(21)31)36-9-10-4-2-1-3-5-10/h1-5,11-35H,6-9H2/t11?,12?,13?,14-,15-,16+,17+,18?,19?,20?,21+,22-,23+,24+,25-/m0/s1. The van der Waals surface area contributed by atoms with Gasteiger partial charge in [-0.2, -0.15) is 0 Å². The van der Waals surface area contributed by atoms with Crippen LogP contribution in [0.3, 0.4) is 0 Å². The highest BCUT2D eigenvalue weighted by Gasteiger charge is 2.53. The van der Waals surface area contributed by atoms with Crippen LogP contribution in [0.25, 0.3) is 0 Å². The molecule has 6 unspecified atom stereocenters. The molecule has 0 spiro atoms. The molecule has 16 heteroatoms. The molecule has 3 fully saturated rings. The Morgan fingerprint density at radius 2 is 0.951 bits per heavy atom. The monoisotopic (exact) mass is 594 g/mol. The van der Waals surface area contributed by atoms with Crippen molar-refractivity contribution in [2.45, 2.75) is 98.7 Å². The van der Waals surface area contributed by atoms with Gasteiger partial charge in [0, 0.05) is 0 Å². The van der Waals surface area contributed by atoms with E-state index >= 15 is 0 Å². The number of hydrogen-bond donors (Lipinski definition) is 10. The van der Waals surface area contributed by atoms with Crippen LogP contribution >= 0.6 is 0 Å². The van der Waals surface area contributed by atoms with E-state index in [1.165, 1.54) is 0 Å². The Balaban J connectivity index is 1.41.